The van der Waals surface area contributed by atoms with Gasteiger partial charge in [0.05, 0.1) is 11.3 Å². The highest BCUT2D eigenvalue weighted by atomic mass is 19.4. The summed E-state index contributed by atoms with van der Waals surface area (Å²) in [6.45, 7) is -1.16. The number of carbonyl (C=O) groups excluding carboxylic acids is 1. The van der Waals surface area contributed by atoms with Gasteiger partial charge in [-0.25, -0.2) is 0 Å². The van der Waals surface area contributed by atoms with Gasteiger partial charge in [-0.05, 0) is 23.3 Å². The molecule has 2 aromatic carbocycles. The lowest BCUT2D eigenvalue weighted by atomic mass is 10.1. The Kier molecular flexibility index (Phi) is 6.16. The Balaban J connectivity index is 1.80. The molecule has 0 aliphatic heterocycles. The van der Waals surface area contributed by atoms with E-state index in [-0.39, 0.29) is 30.3 Å². The van der Waals surface area contributed by atoms with Crippen molar-refractivity contribution in [3.05, 3.63) is 69.8 Å². The molecule has 0 aliphatic rings. The predicted octanol–water partition coefficient (Wildman–Crippen LogP) is 3.39. The quantitative estimate of drug-likeness (QED) is 0.600. The molecule has 0 aliphatic carbocycles. The Hall–Kier alpha value is -3.10. The van der Waals surface area contributed by atoms with E-state index < -0.39 is 17.7 Å². The van der Waals surface area contributed by atoms with Crippen LogP contribution in [0.1, 0.15) is 11.1 Å². The lowest BCUT2D eigenvalue weighted by molar-refractivity contribution is -0.384. The average Bonchev–Trinajstić information content (AvgIpc) is 2.59. The van der Waals surface area contributed by atoms with E-state index in [1.54, 1.807) is 12.1 Å². The number of nitrogens with one attached hydrogen (secondary N) is 1. The summed E-state index contributed by atoms with van der Waals surface area (Å²) in [5.41, 5.74) is 1.27. The van der Waals surface area contributed by atoms with Crippen LogP contribution in [-0.4, -0.2) is 23.6 Å². The van der Waals surface area contributed by atoms with Crippen molar-refractivity contribution < 1.29 is 27.6 Å². The molecule has 1 N–H and O–H groups in total. The van der Waals surface area contributed by atoms with Crippen LogP contribution in [0.2, 0.25) is 0 Å². The summed E-state index contributed by atoms with van der Waals surface area (Å²) in [5, 5.41) is 13.2. The second kappa shape index (κ2) is 8.32. The molecular weight excluding hydrogens is 353 g/mol. The fraction of sp³-hybridized carbons (Fsp3) is 0.235. The van der Waals surface area contributed by atoms with Crippen molar-refractivity contribution in [2.24, 2.45) is 0 Å². The van der Waals surface area contributed by atoms with E-state index >= 15 is 0 Å². The zero-order valence-electron chi connectivity index (χ0n) is 13.5. The van der Waals surface area contributed by atoms with Gasteiger partial charge in [-0.2, -0.15) is 13.2 Å². The molecule has 0 aromatic heterocycles. The lowest BCUT2D eigenvalue weighted by Gasteiger charge is -2.10. The highest BCUT2D eigenvalue weighted by Gasteiger charge is 2.28. The number of ether oxygens (including phenoxy) is 1. The van der Waals surface area contributed by atoms with Gasteiger partial charge in [0.1, 0.15) is 5.75 Å². The molecule has 0 atom stereocenters. The lowest BCUT2D eigenvalue weighted by Crippen LogP contribution is -2.24. The smallest absolute Gasteiger partial charge is 0.422 e. The van der Waals surface area contributed by atoms with Gasteiger partial charge in [0, 0.05) is 18.7 Å². The van der Waals surface area contributed by atoms with Gasteiger partial charge in [-0.1, -0.05) is 24.3 Å². The van der Waals surface area contributed by atoms with Crippen LogP contribution in [0.5, 0.6) is 5.75 Å². The summed E-state index contributed by atoms with van der Waals surface area (Å²) in [6.07, 6.45) is -4.34. The van der Waals surface area contributed by atoms with Crippen molar-refractivity contribution in [3.63, 3.8) is 0 Å². The minimum Gasteiger partial charge on any atom is -0.484 e. The number of nitro benzene ring substituents is 1. The van der Waals surface area contributed by atoms with Crippen LogP contribution >= 0.6 is 0 Å². The number of halogens is 3. The first-order valence-electron chi connectivity index (χ1n) is 7.51. The Bertz CT molecular complexity index is 759. The molecule has 6 nitrogen and oxygen atoms in total. The van der Waals surface area contributed by atoms with E-state index in [1.807, 2.05) is 0 Å². The highest BCUT2D eigenvalue weighted by molar-refractivity contribution is 5.78. The minimum absolute atomic E-state index is 0.0537. The van der Waals surface area contributed by atoms with Gasteiger partial charge >= 0.3 is 6.18 Å². The van der Waals surface area contributed by atoms with Crippen LogP contribution < -0.4 is 10.1 Å². The first kappa shape index (κ1) is 19.2. The number of rotatable bonds is 7. The van der Waals surface area contributed by atoms with Crippen molar-refractivity contribution >= 4 is 11.6 Å². The van der Waals surface area contributed by atoms with E-state index in [0.717, 1.165) is 0 Å². The summed E-state index contributed by atoms with van der Waals surface area (Å²) in [5.74, 6) is -0.195. The average molecular weight is 368 g/mol. The van der Waals surface area contributed by atoms with Crippen molar-refractivity contribution in [3.8, 4) is 5.75 Å². The Morgan fingerprint density at radius 1 is 1.04 bits per heavy atom. The molecule has 0 saturated heterocycles. The molecule has 0 saturated carbocycles. The zero-order valence-corrected chi connectivity index (χ0v) is 13.5. The van der Waals surface area contributed by atoms with Crippen LogP contribution in [0.25, 0.3) is 0 Å². The summed E-state index contributed by atoms with van der Waals surface area (Å²) < 4.78 is 40.8. The molecule has 9 heteroatoms. The predicted molar refractivity (Wildman–Crippen MR) is 86.6 cm³/mol. The number of nitro groups is 1. The number of nitrogens with zero attached hydrogens (tertiary/aromatic N) is 1. The number of amides is 1. The van der Waals surface area contributed by atoms with Gasteiger partial charge in [0.2, 0.25) is 5.91 Å². The molecule has 0 radical (unpaired) electrons. The fourth-order valence-corrected chi connectivity index (χ4v) is 2.05. The molecule has 1 amide bonds. The zero-order chi connectivity index (χ0) is 19.2. The molecule has 0 spiro atoms. The van der Waals surface area contributed by atoms with Gasteiger partial charge < -0.3 is 10.1 Å². The maximum absolute atomic E-state index is 12.1. The topological polar surface area (TPSA) is 81.5 Å². The van der Waals surface area contributed by atoms with Gasteiger partial charge in [-0.3, -0.25) is 14.9 Å². The number of non-ortho nitro benzene ring substituents is 1. The molecule has 0 bridgehead atoms. The Morgan fingerprint density at radius 2 is 1.62 bits per heavy atom. The van der Waals surface area contributed by atoms with E-state index in [0.29, 0.717) is 11.1 Å². The molecule has 2 aromatic rings. The number of carbonyl (C=O) groups is 1. The van der Waals surface area contributed by atoms with Gasteiger partial charge in [0.25, 0.3) is 5.69 Å². The van der Waals surface area contributed by atoms with Crippen molar-refractivity contribution in [1.82, 2.24) is 5.32 Å². The van der Waals surface area contributed by atoms with E-state index in [1.165, 1.54) is 36.4 Å². The summed E-state index contributed by atoms with van der Waals surface area (Å²) in [7, 11) is 0. The SMILES string of the molecule is O=C(Cc1ccc([N+](=O)[O-])cc1)NCc1ccc(OCC(F)(F)F)cc1. The minimum atomic E-state index is -4.40. The molecule has 2 rings (SSSR count). The maximum atomic E-state index is 12.1. The fourth-order valence-electron chi connectivity index (χ4n) is 2.05. The summed E-state index contributed by atoms with van der Waals surface area (Å²) in [4.78, 5) is 21.9. The van der Waals surface area contributed by atoms with Crippen LogP contribution in [0.15, 0.2) is 48.5 Å². The summed E-state index contributed by atoms with van der Waals surface area (Å²) in [6, 6.07) is 11.5. The van der Waals surface area contributed by atoms with E-state index in [2.05, 4.69) is 10.1 Å². The number of hydrogen-bond acceptors (Lipinski definition) is 4. The first-order valence-corrected chi connectivity index (χ1v) is 7.51. The van der Waals surface area contributed by atoms with Crippen LogP contribution in [0.3, 0.4) is 0 Å². The third-order valence-corrected chi connectivity index (χ3v) is 3.33. The molecule has 0 fully saturated rings. The number of alkyl halides is 3. The first-order chi connectivity index (χ1) is 12.2. The third-order valence-electron chi connectivity index (χ3n) is 3.33. The van der Waals surface area contributed by atoms with Crippen molar-refractivity contribution in [1.29, 1.82) is 0 Å². The van der Waals surface area contributed by atoms with Crippen molar-refractivity contribution in [2.75, 3.05) is 6.61 Å². The van der Waals surface area contributed by atoms with Gasteiger partial charge in [-0.15, -0.1) is 0 Å². The highest BCUT2D eigenvalue weighted by Crippen LogP contribution is 2.19. The molecule has 0 unspecified atom stereocenters. The van der Waals surface area contributed by atoms with Gasteiger partial charge in [0.15, 0.2) is 6.61 Å². The number of hydrogen-bond donors (Lipinski definition) is 1. The van der Waals surface area contributed by atoms with Crippen LogP contribution in [0.4, 0.5) is 18.9 Å². The number of benzene rings is 2. The molecule has 138 valence electrons. The normalized spacial score (nSPS) is 11.0. The standard InChI is InChI=1S/C17H15F3N2O4/c18-17(19,20)11-26-15-7-3-13(4-8-15)10-21-16(23)9-12-1-5-14(6-2-12)22(24)25/h1-8H,9-11H2,(H,21,23). The molecule has 26 heavy (non-hydrogen) atoms. The largest absolute Gasteiger partial charge is 0.484 e. The Morgan fingerprint density at radius 3 is 2.15 bits per heavy atom. The molecule has 0 heterocycles. The van der Waals surface area contributed by atoms with Crippen LogP contribution in [0, 0.1) is 10.1 Å². The maximum Gasteiger partial charge on any atom is 0.422 e. The van der Waals surface area contributed by atoms with E-state index in [4.69, 9.17) is 0 Å². The second-order valence-corrected chi connectivity index (χ2v) is 5.42. The van der Waals surface area contributed by atoms with E-state index in [9.17, 15) is 28.1 Å². The van der Waals surface area contributed by atoms with Crippen LogP contribution in [-0.2, 0) is 17.8 Å². The summed E-state index contributed by atoms with van der Waals surface area (Å²) >= 11 is 0. The monoisotopic (exact) mass is 368 g/mol. The Labute approximate surface area is 146 Å². The molecular formula is C17H15F3N2O4. The third kappa shape index (κ3) is 6.42. The van der Waals surface area contributed by atoms with Crippen molar-refractivity contribution in [2.45, 2.75) is 19.1 Å². The second-order valence-electron chi connectivity index (χ2n) is 5.42.